The lowest BCUT2D eigenvalue weighted by atomic mass is 9.43. The van der Waals surface area contributed by atoms with Gasteiger partial charge in [0.1, 0.15) is 11.2 Å². The molecule has 4 saturated carbocycles. The zero-order chi connectivity index (χ0) is 33.6. The number of furan rings is 1. The second-order valence-electron chi connectivity index (χ2n) is 18.0. The Labute approximate surface area is 296 Å². The van der Waals surface area contributed by atoms with Crippen LogP contribution in [0.5, 0.6) is 0 Å². The molecule has 0 saturated heterocycles. The Morgan fingerprint density at radius 3 is 1.96 bits per heavy atom. The van der Waals surface area contributed by atoms with Crippen LogP contribution in [0.25, 0.3) is 33.1 Å². The van der Waals surface area contributed by atoms with Gasteiger partial charge in [-0.15, -0.1) is 0 Å². The largest absolute Gasteiger partial charge is 0.456 e. The van der Waals surface area contributed by atoms with Crippen molar-refractivity contribution in [2.24, 2.45) is 23.7 Å². The van der Waals surface area contributed by atoms with E-state index in [0.29, 0.717) is 11.8 Å². The molecule has 5 aromatic carbocycles. The van der Waals surface area contributed by atoms with E-state index in [1.54, 1.807) is 11.1 Å². The first-order chi connectivity index (χ1) is 24.2. The molecule has 0 unspecified atom stereocenters. The van der Waals surface area contributed by atoms with E-state index >= 15 is 0 Å². The summed E-state index contributed by atoms with van der Waals surface area (Å²) < 4.78 is 6.40. The molecule has 1 aromatic heterocycles. The molecule has 6 aliphatic carbocycles. The van der Waals surface area contributed by atoms with Gasteiger partial charge in [-0.1, -0.05) is 94.4 Å². The summed E-state index contributed by atoms with van der Waals surface area (Å²) in [5.41, 5.74) is 15.3. The molecule has 0 N–H and O–H groups in total. The molecule has 50 heavy (non-hydrogen) atoms. The second kappa shape index (κ2) is 9.93. The standard InChI is InChI=1S/C48H47NO/c1-46(2)21-22-47(3,4)45-39(46)15-10-17-41(45)49(33-19-20-43-37(28-33)35-12-6-8-18-42(35)50-43)40-16-9-13-36-34-11-5-7-14-38(34)48(44(36)40)31-24-29-23-30(26-31)27-32(48)25-29/h5-20,28-32H,21-27H2,1-4H3. The molecule has 1 heterocycles. The van der Waals surface area contributed by atoms with Crippen molar-refractivity contribution >= 4 is 39.0 Å². The molecule has 0 amide bonds. The van der Waals surface area contributed by atoms with Gasteiger partial charge in [-0.3, -0.25) is 0 Å². The van der Waals surface area contributed by atoms with E-state index in [1.807, 2.05) is 0 Å². The van der Waals surface area contributed by atoms with Crippen molar-refractivity contribution in [1.29, 1.82) is 0 Å². The minimum absolute atomic E-state index is 0.0490. The maximum atomic E-state index is 6.40. The third-order valence-electron chi connectivity index (χ3n) is 14.5. The van der Waals surface area contributed by atoms with Crippen molar-refractivity contribution in [2.75, 3.05) is 4.90 Å². The number of fused-ring (bicyclic) bond motifs is 7. The van der Waals surface area contributed by atoms with Crippen molar-refractivity contribution < 1.29 is 4.42 Å². The number of anilines is 3. The first kappa shape index (κ1) is 29.4. The summed E-state index contributed by atoms with van der Waals surface area (Å²) >= 11 is 0. The highest BCUT2D eigenvalue weighted by molar-refractivity contribution is 6.07. The molecule has 1 spiro atoms. The third-order valence-corrected chi connectivity index (χ3v) is 14.5. The van der Waals surface area contributed by atoms with Gasteiger partial charge in [-0.2, -0.15) is 0 Å². The predicted octanol–water partition coefficient (Wildman–Crippen LogP) is 13.1. The van der Waals surface area contributed by atoms with Crippen LogP contribution < -0.4 is 4.90 Å². The van der Waals surface area contributed by atoms with Crippen molar-refractivity contribution in [2.45, 2.75) is 88.9 Å². The number of hydrogen-bond acceptors (Lipinski definition) is 2. The van der Waals surface area contributed by atoms with Gasteiger partial charge in [0.05, 0.1) is 11.4 Å². The summed E-state index contributed by atoms with van der Waals surface area (Å²) in [5, 5.41) is 2.37. The van der Waals surface area contributed by atoms with Crippen LogP contribution in [-0.2, 0) is 16.2 Å². The molecule has 12 rings (SSSR count). The fourth-order valence-corrected chi connectivity index (χ4v) is 12.5. The Balaban J connectivity index is 1.24. The first-order valence-electron chi connectivity index (χ1n) is 19.3. The summed E-state index contributed by atoms with van der Waals surface area (Å²) in [7, 11) is 0. The van der Waals surface area contributed by atoms with Gasteiger partial charge in [0.15, 0.2) is 0 Å². The summed E-state index contributed by atoms with van der Waals surface area (Å²) in [6.07, 6.45) is 9.36. The van der Waals surface area contributed by atoms with Crippen LogP contribution in [0.1, 0.15) is 94.9 Å². The Morgan fingerprint density at radius 2 is 1.16 bits per heavy atom. The van der Waals surface area contributed by atoms with Gasteiger partial charge in [0.25, 0.3) is 0 Å². The van der Waals surface area contributed by atoms with Crippen LogP contribution in [0.3, 0.4) is 0 Å². The van der Waals surface area contributed by atoms with Gasteiger partial charge in [-0.25, -0.2) is 0 Å². The van der Waals surface area contributed by atoms with E-state index < -0.39 is 0 Å². The molecule has 4 bridgehead atoms. The summed E-state index contributed by atoms with van der Waals surface area (Å²) in [5.74, 6) is 3.21. The van der Waals surface area contributed by atoms with Crippen LogP contribution in [0.15, 0.2) is 108 Å². The predicted molar refractivity (Wildman–Crippen MR) is 207 cm³/mol. The molecule has 2 heteroatoms. The molecule has 0 aliphatic heterocycles. The Hall–Kier alpha value is -4.30. The monoisotopic (exact) mass is 653 g/mol. The number of hydrogen-bond donors (Lipinski definition) is 0. The summed E-state index contributed by atoms with van der Waals surface area (Å²) in [6.45, 7) is 9.89. The number of rotatable bonds is 3. The Bertz CT molecular complexity index is 2340. The molecule has 6 aromatic rings. The fraction of sp³-hybridized carbons (Fsp3) is 0.375. The van der Waals surface area contributed by atoms with Crippen LogP contribution in [-0.4, -0.2) is 0 Å². The van der Waals surface area contributed by atoms with Crippen LogP contribution in [0.4, 0.5) is 17.1 Å². The van der Waals surface area contributed by atoms with Crippen LogP contribution >= 0.6 is 0 Å². The van der Waals surface area contributed by atoms with Crippen LogP contribution in [0, 0.1) is 23.7 Å². The lowest BCUT2D eigenvalue weighted by Gasteiger charge is -2.61. The quantitative estimate of drug-likeness (QED) is 0.189. The summed E-state index contributed by atoms with van der Waals surface area (Å²) in [6, 6.07) is 39.5. The zero-order valence-corrected chi connectivity index (χ0v) is 29.9. The third kappa shape index (κ3) is 3.75. The molecule has 4 fully saturated rings. The molecule has 0 atom stereocenters. The molecule has 6 aliphatic rings. The van der Waals surface area contributed by atoms with E-state index in [-0.39, 0.29) is 16.2 Å². The van der Waals surface area contributed by atoms with E-state index in [0.717, 1.165) is 23.0 Å². The topological polar surface area (TPSA) is 16.4 Å². The highest BCUT2D eigenvalue weighted by Gasteiger charge is 2.62. The van der Waals surface area contributed by atoms with Crippen molar-refractivity contribution in [3.8, 4) is 11.1 Å². The van der Waals surface area contributed by atoms with Crippen molar-refractivity contribution in [3.05, 3.63) is 125 Å². The molecular weight excluding hydrogens is 607 g/mol. The van der Waals surface area contributed by atoms with Crippen molar-refractivity contribution in [3.63, 3.8) is 0 Å². The van der Waals surface area contributed by atoms with Crippen LogP contribution in [0.2, 0.25) is 0 Å². The number of nitrogens with zero attached hydrogens (tertiary/aromatic N) is 1. The maximum Gasteiger partial charge on any atom is 0.135 e. The summed E-state index contributed by atoms with van der Waals surface area (Å²) in [4.78, 5) is 2.71. The highest BCUT2D eigenvalue weighted by Crippen LogP contribution is 2.71. The van der Waals surface area contributed by atoms with Gasteiger partial charge in [0, 0.05) is 21.9 Å². The lowest BCUT2D eigenvalue weighted by molar-refractivity contribution is -0.0397. The second-order valence-corrected chi connectivity index (χ2v) is 18.0. The molecule has 250 valence electrons. The average molecular weight is 654 g/mol. The Morgan fingerprint density at radius 1 is 0.540 bits per heavy atom. The van der Waals surface area contributed by atoms with Gasteiger partial charge in [-0.05, 0) is 149 Å². The van der Waals surface area contributed by atoms with Crippen molar-refractivity contribution in [1.82, 2.24) is 0 Å². The lowest BCUT2D eigenvalue weighted by Crippen LogP contribution is -2.55. The molecular formula is C48H47NO. The Kier molecular flexibility index (Phi) is 5.85. The normalized spacial score (nSPS) is 27.8. The first-order valence-corrected chi connectivity index (χ1v) is 19.3. The van der Waals surface area contributed by atoms with Gasteiger partial charge < -0.3 is 9.32 Å². The van der Waals surface area contributed by atoms with E-state index in [9.17, 15) is 0 Å². The molecule has 0 radical (unpaired) electrons. The molecule has 2 nitrogen and oxygen atoms in total. The van der Waals surface area contributed by atoms with E-state index in [4.69, 9.17) is 4.42 Å². The maximum absolute atomic E-state index is 6.40. The average Bonchev–Trinajstić information content (AvgIpc) is 3.63. The van der Waals surface area contributed by atoms with Gasteiger partial charge in [0.2, 0.25) is 0 Å². The fourth-order valence-electron chi connectivity index (χ4n) is 12.5. The SMILES string of the molecule is CC1(C)CCC(C)(C)c2c(N(c3ccc4oc5ccccc5c4c3)c3cccc4c3C3(c5ccccc5-4)C4CC5CC(C4)CC3C5)cccc21. The van der Waals surface area contributed by atoms with Gasteiger partial charge >= 0.3 is 0 Å². The van der Waals surface area contributed by atoms with E-state index in [1.165, 1.54) is 95.0 Å². The number of para-hydroxylation sites is 1. The minimum atomic E-state index is 0.0490. The zero-order valence-electron chi connectivity index (χ0n) is 29.9. The number of benzene rings is 5. The smallest absolute Gasteiger partial charge is 0.135 e. The van der Waals surface area contributed by atoms with E-state index in [2.05, 4.69) is 136 Å². The minimum Gasteiger partial charge on any atom is -0.456 e. The highest BCUT2D eigenvalue weighted by atomic mass is 16.3.